The van der Waals surface area contributed by atoms with E-state index in [9.17, 15) is 4.39 Å². The second-order valence-electron chi connectivity index (χ2n) is 6.55. The quantitative estimate of drug-likeness (QED) is 0.574. The van der Waals surface area contributed by atoms with Crippen molar-refractivity contribution in [3.8, 4) is 17.2 Å². The average Bonchev–Trinajstić information content (AvgIpc) is 3.05. The van der Waals surface area contributed by atoms with Crippen LogP contribution in [-0.2, 0) is 6.54 Å². The molecule has 0 spiro atoms. The van der Waals surface area contributed by atoms with E-state index in [1.54, 1.807) is 6.07 Å². The van der Waals surface area contributed by atoms with Crippen LogP contribution in [0.2, 0.25) is 5.02 Å². The SMILES string of the molecule is [CH2-]C[C-]1CCN(Cc2cc(C)cc(-c3ccc(C#N)c(F)c3)c2Cl)C1.[CH3-].[K+]. The molecule has 0 radical (unpaired) electrons. The molecule has 0 amide bonds. The number of benzene rings is 2. The van der Waals surface area contributed by atoms with Crippen LogP contribution in [0.4, 0.5) is 4.39 Å². The monoisotopic (exact) mass is 408 g/mol. The van der Waals surface area contributed by atoms with Crippen molar-refractivity contribution in [2.75, 3.05) is 13.1 Å². The molecule has 2 aromatic rings. The minimum atomic E-state index is -0.520. The van der Waals surface area contributed by atoms with Gasteiger partial charge in [0.2, 0.25) is 0 Å². The number of hydrogen-bond donors (Lipinski definition) is 0. The summed E-state index contributed by atoms with van der Waals surface area (Å²) in [5, 5.41) is 9.55. The molecule has 1 aliphatic rings. The zero-order chi connectivity index (χ0) is 18.0. The summed E-state index contributed by atoms with van der Waals surface area (Å²) in [6.45, 7) is 8.75. The maximum absolute atomic E-state index is 14.0. The first kappa shape index (κ1) is 24.8. The summed E-state index contributed by atoms with van der Waals surface area (Å²) in [6, 6.07) is 10.5. The van der Waals surface area contributed by atoms with Gasteiger partial charge in [0.15, 0.2) is 0 Å². The van der Waals surface area contributed by atoms with Crippen molar-refractivity contribution in [1.82, 2.24) is 4.90 Å². The van der Waals surface area contributed by atoms with Crippen LogP contribution in [0.25, 0.3) is 11.1 Å². The molecule has 0 atom stereocenters. The van der Waals surface area contributed by atoms with E-state index >= 15 is 0 Å². The fourth-order valence-corrected chi connectivity index (χ4v) is 3.59. The molecule has 0 bridgehead atoms. The normalized spacial score (nSPS) is 14.3. The predicted octanol–water partition coefficient (Wildman–Crippen LogP) is 2.78. The molecule has 1 saturated heterocycles. The van der Waals surface area contributed by atoms with Gasteiger partial charge in [0.05, 0.1) is 10.6 Å². The topological polar surface area (TPSA) is 27.0 Å². The van der Waals surface area contributed by atoms with Crippen molar-refractivity contribution >= 4 is 11.6 Å². The van der Waals surface area contributed by atoms with E-state index < -0.39 is 5.82 Å². The smallest absolute Gasteiger partial charge is 0.372 e. The molecule has 1 heterocycles. The number of hydrogen-bond acceptors (Lipinski definition) is 2. The maximum Gasteiger partial charge on any atom is 1.00 e. The van der Waals surface area contributed by atoms with Gasteiger partial charge >= 0.3 is 51.4 Å². The van der Waals surface area contributed by atoms with Gasteiger partial charge in [-0.3, -0.25) is 0 Å². The molecule has 0 unspecified atom stereocenters. The largest absolute Gasteiger partial charge is 1.00 e. The van der Waals surface area contributed by atoms with Gasteiger partial charge in [-0.25, -0.2) is 4.39 Å². The van der Waals surface area contributed by atoms with Crippen LogP contribution in [0.3, 0.4) is 0 Å². The Morgan fingerprint density at radius 3 is 2.67 bits per heavy atom. The summed E-state index contributed by atoms with van der Waals surface area (Å²) in [5.41, 5.74) is 3.67. The van der Waals surface area contributed by atoms with E-state index in [-0.39, 0.29) is 64.4 Å². The van der Waals surface area contributed by atoms with Crippen LogP contribution in [0.1, 0.15) is 29.5 Å². The summed E-state index contributed by atoms with van der Waals surface area (Å²) < 4.78 is 14.0. The molecular formula is C22H23ClFKN2-2. The Morgan fingerprint density at radius 1 is 1.33 bits per heavy atom. The number of nitrogens with zero attached hydrogens (tertiary/aromatic N) is 2. The Balaban J connectivity index is 0.00000182. The zero-order valence-electron chi connectivity index (χ0n) is 16.3. The molecule has 27 heavy (non-hydrogen) atoms. The van der Waals surface area contributed by atoms with Gasteiger partial charge in [-0.2, -0.15) is 11.7 Å². The standard InChI is InChI=1S/C21H20ClFN2.CH3.K/c1-3-15-6-7-25(12-15)13-18-8-14(2)9-19(21(18)22)16-4-5-17(11-24)20(23)10-16;;/h4-5,8-10H,1,3,6-7,12-13H2,2H3;1H3;/q-2;-1;+1. The van der Waals surface area contributed by atoms with E-state index in [4.69, 9.17) is 16.9 Å². The van der Waals surface area contributed by atoms with Gasteiger partial charge in [0, 0.05) is 12.1 Å². The van der Waals surface area contributed by atoms with Gasteiger partial charge in [-0.15, -0.1) is 6.54 Å². The summed E-state index contributed by atoms with van der Waals surface area (Å²) in [7, 11) is 0. The second-order valence-corrected chi connectivity index (χ2v) is 6.93. The Hall–Kier alpha value is -0.254. The van der Waals surface area contributed by atoms with Gasteiger partial charge in [-0.05, 0) is 42.8 Å². The predicted molar refractivity (Wildman–Crippen MR) is 106 cm³/mol. The van der Waals surface area contributed by atoms with E-state index in [0.29, 0.717) is 10.6 Å². The first-order valence-electron chi connectivity index (χ1n) is 8.36. The van der Waals surface area contributed by atoms with Crippen LogP contribution >= 0.6 is 11.6 Å². The number of aryl methyl sites for hydroxylation is 1. The Bertz CT molecular complexity index is 832. The molecular weight excluding hydrogens is 386 g/mol. The van der Waals surface area contributed by atoms with Gasteiger partial charge in [0.1, 0.15) is 11.9 Å². The van der Waals surface area contributed by atoms with E-state index in [0.717, 1.165) is 49.2 Å². The Kier molecular flexibility index (Phi) is 10.2. The van der Waals surface area contributed by atoms with Crippen molar-refractivity contribution in [3.63, 3.8) is 0 Å². The van der Waals surface area contributed by atoms with E-state index in [2.05, 4.69) is 17.9 Å². The van der Waals surface area contributed by atoms with Crippen molar-refractivity contribution in [3.05, 3.63) is 78.1 Å². The van der Waals surface area contributed by atoms with Crippen LogP contribution in [0, 0.1) is 44.3 Å². The molecule has 0 aliphatic carbocycles. The van der Waals surface area contributed by atoms with Crippen LogP contribution in [-0.4, -0.2) is 18.0 Å². The molecule has 2 aromatic carbocycles. The number of halogens is 2. The Labute approximate surface area is 210 Å². The molecule has 0 N–H and O–H groups in total. The molecule has 0 aromatic heterocycles. The van der Waals surface area contributed by atoms with Crippen LogP contribution < -0.4 is 51.4 Å². The Morgan fingerprint density at radius 2 is 2.07 bits per heavy atom. The summed E-state index contributed by atoms with van der Waals surface area (Å²) in [4.78, 5) is 2.37. The van der Waals surface area contributed by atoms with Gasteiger partial charge < -0.3 is 31.6 Å². The van der Waals surface area contributed by atoms with Crippen molar-refractivity contribution in [1.29, 1.82) is 5.26 Å². The van der Waals surface area contributed by atoms with Gasteiger partial charge in [0.25, 0.3) is 0 Å². The first-order chi connectivity index (χ1) is 12.0. The average molecular weight is 409 g/mol. The zero-order valence-corrected chi connectivity index (χ0v) is 20.2. The maximum atomic E-state index is 14.0. The fourth-order valence-electron chi connectivity index (χ4n) is 3.31. The first-order valence-corrected chi connectivity index (χ1v) is 8.74. The summed E-state index contributed by atoms with van der Waals surface area (Å²) in [6.07, 6.45) is 1.98. The molecule has 0 saturated carbocycles. The fraction of sp³-hybridized carbons (Fsp3) is 0.273. The number of likely N-dealkylation sites (tertiary alicyclic amines) is 1. The third-order valence-electron chi connectivity index (χ3n) is 4.67. The molecule has 2 nitrogen and oxygen atoms in total. The van der Waals surface area contributed by atoms with E-state index in [1.807, 2.05) is 19.1 Å². The minimum absolute atomic E-state index is 0. The van der Waals surface area contributed by atoms with Crippen molar-refractivity contribution in [2.45, 2.75) is 26.3 Å². The molecule has 1 fully saturated rings. The third-order valence-corrected chi connectivity index (χ3v) is 5.12. The summed E-state index contributed by atoms with van der Waals surface area (Å²) >= 11 is 6.66. The second kappa shape index (κ2) is 11.1. The van der Waals surface area contributed by atoms with Crippen molar-refractivity contribution < 1.29 is 55.8 Å². The van der Waals surface area contributed by atoms with Crippen LogP contribution in [0.15, 0.2) is 30.3 Å². The molecule has 138 valence electrons. The van der Waals surface area contributed by atoms with Gasteiger partial charge in [-0.1, -0.05) is 29.3 Å². The third kappa shape index (κ3) is 5.87. The summed E-state index contributed by atoms with van der Waals surface area (Å²) in [5.74, 6) is 0.950. The molecule has 1 aliphatic heterocycles. The number of nitriles is 1. The molecule has 3 rings (SSSR count). The molecule has 5 heteroatoms. The minimum Gasteiger partial charge on any atom is -0.372 e. The van der Waals surface area contributed by atoms with Crippen molar-refractivity contribution in [2.24, 2.45) is 0 Å². The van der Waals surface area contributed by atoms with E-state index in [1.165, 1.54) is 18.1 Å². The number of rotatable bonds is 4. The van der Waals surface area contributed by atoms with Crippen LogP contribution in [0.5, 0.6) is 0 Å².